The Labute approximate surface area is 154 Å². The van der Waals surface area contributed by atoms with E-state index in [0.717, 1.165) is 6.20 Å². The van der Waals surface area contributed by atoms with E-state index in [0.29, 0.717) is 44.2 Å². The molecule has 0 bridgehead atoms. The summed E-state index contributed by atoms with van der Waals surface area (Å²) in [4.78, 5) is 37.7. The molecule has 27 heavy (non-hydrogen) atoms. The summed E-state index contributed by atoms with van der Waals surface area (Å²) in [5, 5.41) is 19.6. The van der Waals surface area contributed by atoms with Gasteiger partial charge < -0.3 is 20.1 Å². The van der Waals surface area contributed by atoms with Gasteiger partial charge in [0, 0.05) is 25.8 Å². The fourth-order valence-corrected chi connectivity index (χ4v) is 2.76. The number of ether oxygens (including phenoxy) is 1. The fourth-order valence-electron chi connectivity index (χ4n) is 2.76. The number of rotatable bonds is 6. The third-order valence-corrected chi connectivity index (χ3v) is 4.10. The Bertz CT molecular complexity index is 851. The van der Waals surface area contributed by atoms with E-state index in [4.69, 9.17) is 9.84 Å². The molecule has 11 nitrogen and oxygen atoms in total. The molecule has 0 aromatic carbocycles. The van der Waals surface area contributed by atoms with Crippen LogP contribution < -0.4 is 5.32 Å². The number of nitrogens with one attached hydrogen (secondary N) is 1. The number of carboxylic acid groups (broad SMARTS) is 1. The number of hydrogen-bond donors (Lipinski definition) is 2. The quantitative estimate of drug-likeness (QED) is 0.720. The lowest BCUT2D eigenvalue weighted by Gasteiger charge is -2.27. The van der Waals surface area contributed by atoms with Crippen molar-refractivity contribution in [3.05, 3.63) is 29.8 Å². The molecule has 3 rings (SSSR count). The summed E-state index contributed by atoms with van der Waals surface area (Å²) in [6.45, 7) is 4.04. The van der Waals surface area contributed by atoms with Gasteiger partial charge in [0.1, 0.15) is 12.2 Å². The maximum atomic E-state index is 12.9. The Morgan fingerprint density at radius 3 is 2.59 bits per heavy atom. The molecule has 3 heterocycles. The zero-order valence-electron chi connectivity index (χ0n) is 14.8. The van der Waals surface area contributed by atoms with Crippen molar-refractivity contribution >= 4 is 23.5 Å². The molecule has 1 aliphatic heterocycles. The van der Waals surface area contributed by atoms with Crippen LogP contribution in [0.4, 0.5) is 5.69 Å². The lowest BCUT2D eigenvalue weighted by Crippen LogP contribution is -2.41. The molecule has 2 amide bonds. The smallest absolute Gasteiger partial charge is 0.338 e. The number of carboxylic acids is 1. The SMILES string of the molecule is CCn1ncc(NC(=O)Cn2cc(C(=O)O)cn2)c1C(=O)N1CCOCC1. The van der Waals surface area contributed by atoms with E-state index in [9.17, 15) is 14.4 Å². The first-order chi connectivity index (χ1) is 13.0. The number of morpholine rings is 1. The van der Waals surface area contributed by atoms with Crippen molar-refractivity contribution in [2.45, 2.75) is 20.0 Å². The Morgan fingerprint density at radius 2 is 1.96 bits per heavy atom. The third kappa shape index (κ3) is 4.14. The molecule has 2 N–H and O–H groups in total. The highest BCUT2D eigenvalue weighted by atomic mass is 16.5. The van der Waals surface area contributed by atoms with Gasteiger partial charge in [0.25, 0.3) is 5.91 Å². The van der Waals surface area contributed by atoms with Crippen LogP contribution >= 0.6 is 0 Å². The van der Waals surface area contributed by atoms with Crippen LogP contribution in [0.1, 0.15) is 27.8 Å². The van der Waals surface area contributed by atoms with Crippen LogP contribution in [0, 0.1) is 0 Å². The Kier molecular flexibility index (Phi) is 5.50. The summed E-state index contributed by atoms with van der Waals surface area (Å²) >= 11 is 0. The number of aryl methyl sites for hydroxylation is 1. The van der Waals surface area contributed by atoms with Crippen molar-refractivity contribution in [2.75, 3.05) is 31.6 Å². The van der Waals surface area contributed by atoms with E-state index >= 15 is 0 Å². The van der Waals surface area contributed by atoms with Gasteiger partial charge in [-0.25, -0.2) is 4.79 Å². The van der Waals surface area contributed by atoms with Gasteiger partial charge in [-0.1, -0.05) is 0 Å². The van der Waals surface area contributed by atoms with Crippen molar-refractivity contribution in [1.82, 2.24) is 24.5 Å². The van der Waals surface area contributed by atoms with Crippen LogP contribution in [0.2, 0.25) is 0 Å². The normalized spacial score (nSPS) is 14.2. The highest BCUT2D eigenvalue weighted by Crippen LogP contribution is 2.18. The minimum atomic E-state index is -1.12. The van der Waals surface area contributed by atoms with Gasteiger partial charge in [-0.3, -0.25) is 19.0 Å². The summed E-state index contributed by atoms with van der Waals surface area (Å²) in [7, 11) is 0. The van der Waals surface area contributed by atoms with Crippen molar-refractivity contribution in [3.63, 3.8) is 0 Å². The number of anilines is 1. The molecule has 1 fully saturated rings. The van der Waals surface area contributed by atoms with Gasteiger partial charge in [-0.05, 0) is 6.92 Å². The predicted octanol–water partition coefficient (Wildman–Crippen LogP) is -0.0912. The van der Waals surface area contributed by atoms with Gasteiger partial charge in [-0.2, -0.15) is 10.2 Å². The number of carbonyl (C=O) groups excluding carboxylic acids is 2. The minimum absolute atomic E-state index is 0.00946. The molecule has 144 valence electrons. The van der Waals surface area contributed by atoms with Crippen molar-refractivity contribution in [3.8, 4) is 0 Å². The molecule has 0 saturated carbocycles. The molecule has 2 aromatic heterocycles. The second-order valence-electron chi connectivity index (χ2n) is 5.91. The van der Waals surface area contributed by atoms with Crippen LogP contribution in [0.3, 0.4) is 0 Å². The number of aromatic nitrogens is 4. The summed E-state index contributed by atoms with van der Waals surface area (Å²) in [5.41, 5.74) is 0.605. The standard InChI is InChI=1S/C16H20N6O5/c1-2-22-14(15(24)20-3-5-27-6-4-20)12(8-18-22)19-13(23)10-21-9-11(7-17-21)16(25)26/h7-9H,2-6,10H2,1H3,(H,19,23)(H,25,26). The lowest BCUT2D eigenvalue weighted by molar-refractivity contribution is -0.116. The summed E-state index contributed by atoms with van der Waals surface area (Å²) in [6, 6.07) is 0. The third-order valence-electron chi connectivity index (χ3n) is 4.10. The molecule has 0 spiro atoms. The number of carbonyl (C=O) groups is 3. The Hall–Kier alpha value is -3.21. The molecule has 0 unspecified atom stereocenters. The van der Waals surface area contributed by atoms with Gasteiger partial charge in [0.15, 0.2) is 0 Å². The fraction of sp³-hybridized carbons (Fsp3) is 0.438. The average Bonchev–Trinajstić information content (AvgIpc) is 3.28. The van der Waals surface area contributed by atoms with E-state index in [-0.39, 0.29) is 18.0 Å². The molecule has 1 aliphatic rings. The number of hydrogen-bond acceptors (Lipinski definition) is 6. The minimum Gasteiger partial charge on any atom is -0.478 e. The topological polar surface area (TPSA) is 132 Å². The van der Waals surface area contributed by atoms with Crippen molar-refractivity contribution in [1.29, 1.82) is 0 Å². The van der Waals surface area contributed by atoms with Crippen LogP contribution in [0.25, 0.3) is 0 Å². The number of nitrogens with zero attached hydrogens (tertiary/aromatic N) is 5. The van der Waals surface area contributed by atoms with Crippen LogP contribution in [0.15, 0.2) is 18.6 Å². The zero-order valence-corrected chi connectivity index (χ0v) is 14.8. The first-order valence-corrected chi connectivity index (χ1v) is 8.48. The van der Waals surface area contributed by atoms with E-state index < -0.39 is 11.9 Å². The maximum absolute atomic E-state index is 12.9. The van der Waals surface area contributed by atoms with E-state index in [2.05, 4.69) is 15.5 Å². The van der Waals surface area contributed by atoms with Crippen LogP contribution in [-0.4, -0.2) is 73.7 Å². The number of amides is 2. The molecular formula is C16H20N6O5. The molecule has 2 aromatic rings. The van der Waals surface area contributed by atoms with Gasteiger partial charge in [0.2, 0.25) is 5.91 Å². The molecule has 0 aliphatic carbocycles. The molecule has 1 saturated heterocycles. The largest absolute Gasteiger partial charge is 0.478 e. The molecular weight excluding hydrogens is 356 g/mol. The zero-order chi connectivity index (χ0) is 19.4. The lowest BCUT2D eigenvalue weighted by atomic mass is 10.2. The van der Waals surface area contributed by atoms with Gasteiger partial charge in [0.05, 0.1) is 36.9 Å². The average molecular weight is 376 g/mol. The van der Waals surface area contributed by atoms with E-state index in [1.165, 1.54) is 21.8 Å². The molecule has 0 radical (unpaired) electrons. The number of aromatic carboxylic acids is 1. The first kappa shape index (κ1) is 18.6. The van der Waals surface area contributed by atoms with Crippen molar-refractivity contribution in [2.24, 2.45) is 0 Å². The Balaban J connectivity index is 1.73. The van der Waals surface area contributed by atoms with Gasteiger partial charge in [-0.15, -0.1) is 0 Å². The Morgan fingerprint density at radius 1 is 1.22 bits per heavy atom. The highest BCUT2D eigenvalue weighted by molar-refractivity contribution is 6.02. The van der Waals surface area contributed by atoms with Crippen LogP contribution in [-0.2, 0) is 22.6 Å². The first-order valence-electron chi connectivity index (χ1n) is 8.48. The second-order valence-corrected chi connectivity index (χ2v) is 5.91. The summed E-state index contributed by atoms with van der Waals surface area (Å²) in [6.07, 6.45) is 3.86. The monoisotopic (exact) mass is 376 g/mol. The maximum Gasteiger partial charge on any atom is 0.338 e. The molecule has 0 atom stereocenters. The van der Waals surface area contributed by atoms with E-state index in [1.54, 1.807) is 4.90 Å². The van der Waals surface area contributed by atoms with Crippen LogP contribution in [0.5, 0.6) is 0 Å². The van der Waals surface area contributed by atoms with Crippen molar-refractivity contribution < 1.29 is 24.2 Å². The highest BCUT2D eigenvalue weighted by Gasteiger charge is 2.26. The predicted molar refractivity (Wildman–Crippen MR) is 92.4 cm³/mol. The van der Waals surface area contributed by atoms with Gasteiger partial charge >= 0.3 is 5.97 Å². The molecule has 11 heteroatoms. The summed E-state index contributed by atoms with van der Waals surface area (Å²) in [5.74, 6) is -1.79. The second kappa shape index (κ2) is 7.99. The summed E-state index contributed by atoms with van der Waals surface area (Å²) < 4.78 is 8.01. The van der Waals surface area contributed by atoms with E-state index in [1.807, 2.05) is 6.92 Å².